The first-order valence-electron chi connectivity index (χ1n) is 8.81. The average Bonchev–Trinajstić information content (AvgIpc) is 3.26. The van der Waals surface area contributed by atoms with Gasteiger partial charge in [0, 0.05) is 23.9 Å². The van der Waals surface area contributed by atoms with Crippen molar-refractivity contribution in [1.82, 2.24) is 19.6 Å². The van der Waals surface area contributed by atoms with Crippen LogP contribution >= 0.6 is 0 Å². The number of nitrogens with one attached hydrogen (secondary N) is 1. The second-order valence-corrected chi connectivity index (χ2v) is 6.66. The number of benzene rings is 1. The molecule has 0 bridgehead atoms. The normalized spacial score (nSPS) is 13.9. The van der Waals surface area contributed by atoms with E-state index in [2.05, 4.69) is 15.5 Å². The highest BCUT2D eigenvalue weighted by Crippen LogP contribution is 2.41. The molecule has 0 radical (unpaired) electrons. The number of amides is 1. The van der Waals surface area contributed by atoms with Crippen LogP contribution in [-0.2, 0) is 17.9 Å². The summed E-state index contributed by atoms with van der Waals surface area (Å²) in [5, 5.41) is 10.9. The lowest BCUT2D eigenvalue weighted by Crippen LogP contribution is -2.21. The van der Waals surface area contributed by atoms with Gasteiger partial charge in [-0.25, -0.2) is 8.78 Å². The van der Waals surface area contributed by atoms with E-state index in [9.17, 15) is 13.6 Å². The highest BCUT2D eigenvalue weighted by Gasteiger charge is 2.30. The summed E-state index contributed by atoms with van der Waals surface area (Å²) in [7, 11) is 0. The van der Waals surface area contributed by atoms with E-state index < -0.39 is 6.43 Å². The number of carbonyl (C=O) groups is 1. The van der Waals surface area contributed by atoms with E-state index in [0.29, 0.717) is 18.1 Å². The zero-order chi connectivity index (χ0) is 18.8. The maximum absolute atomic E-state index is 12.9. The standard InChI is InChI=1S/C19H19F2N5O/c20-19(21)15-10-16(14-6-7-14)26(23-15)12-18(27)22-17-8-9-25(24-17)11-13-4-2-1-3-5-13/h1-5,8-10,14,19H,6-7,11-12H2,(H,22,24,27). The van der Waals surface area contributed by atoms with Crippen LogP contribution in [0.1, 0.15) is 42.1 Å². The van der Waals surface area contributed by atoms with Gasteiger partial charge in [0.25, 0.3) is 6.43 Å². The molecule has 2 heterocycles. The van der Waals surface area contributed by atoms with Gasteiger partial charge < -0.3 is 5.32 Å². The van der Waals surface area contributed by atoms with Crippen LogP contribution in [-0.4, -0.2) is 25.5 Å². The molecule has 1 saturated carbocycles. The zero-order valence-electron chi connectivity index (χ0n) is 14.6. The van der Waals surface area contributed by atoms with Crippen molar-refractivity contribution in [2.75, 3.05) is 5.32 Å². The first-order valence-corrected chi connectivity index (χ1v) is 8.81. The molecule has 27 heavy (non-hydrogen) atoms. The predicted molar refractivity (Wildman–Crippen MR) is 95.6 cm³/mol. The lowest BCUT2D eigenvalue weighted by Gasteiger charge is -2.06. The van der Waals surface area contributed by atoms with Crippen molar-refractivity contribution in [3.05, 3.63) is 65.6 Å². The van der Waals surface area contributed by atoms with Gasteiger partial charge in [-0.15, -0.1) is 0 Å². The Bertz CT molecular complexity index is 931. The third kappa shape index (κ3) is 4.21. The van der Waals surface area contributed by atoms with Gasteiger partial charge in [0.15, 0.2) is 5.82 Å². The molecule has 1 aromatic carbocycles. The van der Waals surface area contributed by atoms with Crippen molar-refractivity contribution in [1.29, 1.82) is 0 Å². The molecule has 0 aliphatic heterocycles. The van der Waals surface area contributed by atoms with Gasteiger partial charge in [0.05, 0.1) is 6.54 Å². The third-order valence-corrected chi connectivity index (χ3v) is 4.44. The molecule has 3 aromatic rings. The van der Waals surface area contributed by atoms with Crippen LogP contribution in [0.15, 0.2) is 48.7 Å². The van der Waals surface area contributed by atoms with E-state index in [1.54, 1.807) is 16.9 Å². The van der Waals surface area contributed by atoms with Gasteiger partial charge in [0.2, 0.25) is 5.91 Å². The SMILES string of the molecule is O=C(Cn1nc(C(F)F)cc1C1CC1)Nc1ccn(Cc2ccccc2)n1. The Hall–Kier alpha value is -3.03. The fraction of sp³-hybridized carbons (Fsp3) is 0.316. The van der Waals surface area contributed by atoms with Gasteiger partial charge >= 0.3 is 0 Å². The molecule has 1 fully saturated rings. The number of alkyl halides is 2. The summed E-state index contributed by atoms with van der Waals surface area (Å²) in [5.41, 5.74) is 1.52. The molecule has 140 valence electrons. The second kappa shape index (κ2) is 7.30. The molecular weight excluding hydrogens is 352 g/mol. The van der Waals surface area contributed by atoms with Crippen molar-refractivity contribution in [2.45, 2.75) is 38.3 Å². The summed E-state index contributed by atoms with van der Waals surface area (Å²) in [6.45, 7) is 0.490. The van der Waals surface area contributed by atoms with E-state index >= 15 is 0 Å². The summed E-state index contributed by atoms with van der Waals surface area (Å²) in [6.07, 6.45) is 1.03. The number of aromatic nitrogens is 4. The molecule has 1 aliphatic carbocycles. The number of rotatable bonds is 7. The molecule has 1 N–H and O–H groups in total. The van der Waals surface area contributed by atoms with Crippen molar-refractivity contribution in [3.63, 3.8) is 0 Å². The molecule has 8 heteroatoms. The van der Waals surface area contributed by atoms with Crippen molar-refractivity contribution >= 4 is 11.7 Å². The van der Waals surface area contributed by atoms with Crippen LogP contribution in [0, 0.1) is 0 Å². The highest BCUT2D eigenvalue weighted by atomic mass is 19.3. The summed E-state index contributed by atoms with van der Waals surface area (Å²) >= 11 is 0. The minimum atomic E-state index is -2.64. The number of hydrogen-bond acceptors (Lipinski definition) is 3. The topological polar surface area (TPSA) is 64.7 Å². The van der Waals surface area contributed by atoms with Crippen LogP contribution in [0.2, 0.25) is 0 Å². The van der Waals surface area contributed by atoms with Crippen LogP contribution in [0.5, 0.6) is 0 Å². The fourth-order valence-electron chi connectivity index (χ4n) is 3.00. The molecule has 0 atom stereocenters. The number of nitrogens with zero attached hydrogens (tertiary/aromatic N) is 4. The van der Waals surface area contributed by atoms with E-state index in [0.717, 1.165) is 18.4 Å². The van der Waals surface area contributed by atoms with Crippen molar-refractivity contribution < 1.29 is 13.6 Å². The molecule has 6 nitrogen and oxygen atoms in total. The summed E-state index contributed by atoms with van der Waals surface area (Å²) in [5.74, 6) is 0.304. The smallest absolute Gasteiger partial charge is 0.282 e. The van der Waals surface area contributed by atoms with Crippen molar-refractivity contribution in [3.8, 4) is 0 Å². The zero-order valence-corrected chi connectivity index (χ0v) is 14.6. The molecule has 0 saturated heterocycles. The minimum Gasteiger partial charge on any atom is -0.308 e. The molecule has 1 amide bonds. The number of hydrogen-bond donors (Lipinski definition) is 1. The minimum absolute atomic E-state index is 0.107. The molecule has 2 aromatic heterocycles. The molecule has 0 spiro atoms. The van der Waals surface area contributed by atoms with Crippen LogP contribution in [0.3, 0.4) is 0 Å². The Balaban J connectivity index is 1.40. The Morgan fingerprint density at radius 3 is 2.67 bits per heavy atom. The summed E-state index contributed by atoms with van der Waals surface area (Å²) in [4.78, 5) is 12.3. The van der Waals surface area contributed by atoms with E-state index in [1.807, 2.05) is 30.3 Å². The van der Waals surface area contributed by atoms with Crippen LogP contribution in [0.25, 0.3) is 0 Å². The molecule has 4 rings (SSSR count). The fourth-order valence-corrected chi connectivity index (χ4v) is 3.00. The lowest BCUT2D eigenvalue weighted by atomic mass is 10.2. The van der Waals surface area contributed by atoms with E-state index in [-0.39, 0.29) is 24.1 Å². The second-order valence-electron chi connectivity index (χ2n) is 6.66. The summed E-state index contributed by atoms with van der Waals surface area (Å²) in [6, 6.07) is 13.0. The highest BCUT2D eigenvalue weighted by molar-refractivity contribution is 5.89. The maximum atomic E-state index is 12.9. The van der Waals surface area contributed by atoms with Gasteiger partial charge in [-0.1, -0.05) is 30.3 Å². The quantitative estimate of drug-likeness (QED) is 0.690. The first kappa shape index (κ1) is 17.4. The number of carbonyl (C=O) groups excluding carboxylic acids is 1. The van der Waals surface area contributed by atoms with Gasteiger partial charge in [-0.2, -0.15) is 10.2 Å². The van der Waals surface area contributed by atoms with Crippen LogP contribution in [0.4, 0.5) is 14.6 Å². The Labute approximate surface area is 154 Å². The Morgan fingerprint density at radius 2 is 1.96 bits per heavy atom. The van der Waals surface area contributed by atoms with Gasteiger partial charge in [0.1, 0.15) is 12.2 Å². The third-order valence-electron chi connectivity index (χ3n) is 4.44. The maximum Gasteiger partial charge on any atom is 0.282 e. The van der Waals surface area contributed by atoms with E-state index in [1.165, 1.54) is 10.7 Å². The predicted octanol–water partition coefficient (Wildman–Crippen LogP) is 3.58. The van der Waals surface area contributed by atoms with Crippen molar-refractivity contribution in [2.24, 2.45) is 0 Å². The number of anilines is 1. The monoisotopic (exact) mass is 371 g/mol. The molecule has 0 unspecified atom stereocenters. The summed E-state index contributed by atoms with van der Waals surface area (Å²) < 4.78 is 29.0. The Morgan fingerprint density at radius 1 is 1.19 bits per heavy atom. The first-order chi connectivity index (χ1) is 13.1. The van der Waals surface area contributed by atoms with Crippen LogP contribution < -0.4 is 5.32 Å². The van der Waals surface area contributed by atoms with Gasteiger partial charge in [-0.3, -0.25) is 14.2 Å². The van der Waals surface area contributed by atoms with Gasteiger partial charge in [-0.05, 0) is 24.5 Å². The molecule has 1 aliphatic rings. The Kier molecular flexibility index (Phi) is 4.70. The lowest BCUT2D eigenvalue weighted by molar-refractivity contribution is -0.117. The number of halogens is 2. The molecular formula is C19H19F2N5O. The van der Waals surface area contributed by atoms with E-state index in [4.69, 9.17) is 0 Å². The average molecular weight is 371 g/mol. The largest absolute Gasteiger partial charge is 0.308 e.